The summed E-state index contributed by atoms with van der Waals surface area (Å²) in [6.07, 6.45) is 3.27. The zero-order valence-corrected chi connectivity index (χ0v) is 11.8. The molecule has 1 aromatic carbocycles. The summed E-state index contributed by atoms with van der Waals surface area (Å²) in [7, 11) is 0. The van der Waals surface area contributed by atoms with Crippen LogP contribution in [0.2, 0.25) is 5.02 Å². The van der Waals surface area contributed by atoms with Crippen molar-refractivity contribution < 1.29 is 13.5 Å². The Morgan fingerprint density at radius 2 is 2.14 bits per heavy atom. The molecule has 1 saturated carbocycles. The molecule has 0 bridgehead atoms. The van der Waals surface area contributed by atoms with E-state index in [4.69, 9.17) is 16.3 Å². The van der Waals surface area contributed by atoms with Crippen molar-refractivity contribution in [2.45, 2.75) is 25.4 Å². The lowest BCUT2D eigenvalue weighted by atomic mass is 10.2. The van der Waals surface area contributed by atoms with Crippen molar-refractivity contribution in [2.24, 2.45) is 0 Å². The minimum Gasteiger partial charge on any atom is -0.436 e. The second-order valence-corrected chi connectivity index (χ2v) is 5.33. The Morgan fingerprint density at radius 1 is 1.33 bits per heavy atom. The van der Waals surface area contributed by atoms with Crippen molar-refractivity contribution in [3.05, 3.63) is 52.7 Å². The molecular weight excluding hydrogens is 298 g/mol. The highest BCUT2D eigenvalue weighted by atomic mass is 35.5. The van der Waals surface area contributed by atoms with E-state index in [1.165, 1.54) is 18.2 Å². The number of rotatable bonds is 5. The molecule has 1 aromatic heterocycles. The summed E-state index contributed by atoms with van der Waals surface area (Å²) in [6, 6.07) is 6.25. The molecule has 0 atom stereocenters. The van der Waals surface area contributed by atoms with Gasteiger partial charge in [-0.25, -0.2) is 13.8 Å². The minimum atomic E-state index is -0.661. The molecule has 3 rings (SSSR count). The lowest BCUT2D eigenvalue weighted by Gasteiger charge is -2.11. The van der Waals surface area contributed by atoms with E-state index in [-0.39, 0.29) is 16.7 Å². The van der Waals surface area contributed by atoms with Gasteiger partial charge in [0.05, 0.1) is 11.2 Å². The fourth-order valence-corrected chi connectivity index (χ4v) is 2.06. The maximum Gasteiger partial charge on any atom is 0.224 e. The summed E-state index contributed by atoms with van der Waals surface area (Å²) in [5, 5.41) is 3.21. The Morgan fingerprint density at radius 3 is 2.90 bits per heavy atom. The van der Waals surface area contributed by atoms with Gasteiger partial charge >= 0.3 is 0 Å². The molecule has 1 aliphatic rings. The van der Waals surface area contributed by atoms with Crippen LogP contribution < -0.4 is 10.1 Å². The Kier molecular flexibility index (Phi) is 4.03. The van der Waals surface area contributed by atoms with E-state index in [0.29, 0.717) is 18.2 Å². The topological polar surface area (TPSA) is 34.1 Å². The Bertz CT molecular complexity index is 662. The molecule has 1 heterocycles. The first-order chi connectivity index (χ1) is 10.1. The minimum absolute atomic E-state index is 0.0331. The van der Waals surface area contributed by atoms with Gasteiger partial charge in [-0.1, -0.05) is 17.7 Å². The number of hydrogen-bond donors (Lipinski definition) is 1. The molecule has 0 radical (unpaired) electrons. The highest BCUT2D eigenvalue weighted by Gasteiger charge is 2.21. The Balaban J connectivity index is 1.84. The van der Waals surface area contributed by atoms with Crippen molar-refractivity contribution in [1.29, 1.82) is 0 Å². The molecule has 3 nitrogen and oxygen atoms in total. The molecule has 0 unspecified atom stereocenters. The van der Waals surface area contributed by atoms with Gasteiger partial charge in [-0.05, 0) is 31.0 Å². The molecule has 2 aromatic rings. The summed E-state index contributed by atoms with van der Waals surface area (Å²) in [5.74, 6) is -0.979. The van der Waals surface area contributed by atoms with Crippen LogP contribution in [0.3, 0.4) is 0 Å². The summed E-state index contributed by atoms with van der Waals surface area (Å²) in [5.41, 5.74) is 0.543. The van der Waals surface area contributed by atoms with Gasteiger partial charge in [-0.2, -0.15) is 0 Å². The van der Waals surface area contributed by atoms with E-state index in [1.54, 1.807) is 6.07 Å². The molecule has 6 heteroatoms. The SMILES string of the molecule is Fc1cnc(Oc2cccc(Cl)c2F)c(CNC2CC2)c1. The molecule has 21 heavy (non-hydrogen) atoms. The second kappa shape index (κ2) is 5.95. The third-order valence-electron chi connectivity index (χ3n) is 3.17. The normalized spacial score (nSPS) is 14.2. The van der Waals surface area contributed by atoms with Crippen LogP contribution in [0.4, 0.5) is 8.78 Å². The number of aromatic nitrogens is 1. The van der Waals surface area contributed by atoms with Crippen LogP contribution in [0.5, 0.6) is 11.6 Å². The fraction of sp³-hybridized carbons (Fsp3) is 0.267. The van der Waals surface area contributed by atoms with Crippen molar-refractivity contribution in [3.8, 4) is 11.6 Å². The standard InChI is InChI=1S/C15H13ClF2N2O/c16-12-2-1-3-13(14(12)18)21-15-9(6-10(17)8-20-15)7-19-11-4-5-11/h1-3,6,8,11,19H,4-5,7H2. The summed E-state index contributed by atoms with van der Waals surface area (Å²) < 4.78 is 32.6. The highest BCUT2D eigenvalue weighted by molar-refractivity contribution is 6.30. The quantitative estimate of drug-likeness (QED) is 0.904. The largest absolute Gasteiger partial charge is 0.436 e. The summed E-state index contributed by atoms with van der Waals surface area (Å²) >= 11 is 5.71. The van der Waals surface area contributed by atoms with Crippen LogP contribution >= 0.6 is 11.6 Å². The number of benzene rings is 1. The number of hydrogen-bond acceptors (Lipinski definition) is 3. The highest BCUT2D eigenvalue weighted by Crippen LogP contribution is 2.30. The molecule has 0 saturated heterocycles. The number of halogens is 3. The van der Waals surface area contributed by atoms with E-state index in [2.05, 4.69) is 10.3 Å². The van der Waals surface area contributed by atoms with Gasteiger partial charge in [0.2, 0.25) is 5.88 Å². The number of ether oxygens (including phenoxy) is 1. The zero-order chi connectivity index (χ0) is 14.8. The molecule has 0 aliphatic heterocycles. The van der Waals surface area contributed by atoms with Gasteiger partial charge in [0, 0.05) is 18.2 Å². The third-order valence-corrected chi connectivity index (χ3v) is 3.47. The van der Waals surface area contributed by atoms with Gasteiger partial charge in [0.1, 0.15) is 5.82 Å². The monoisotopic (exact) mass is 310 g/mol. The molecule has 0 spiro atoms. The van der Waals surface area contributed by atoms with E-state index < -0.39 is 11.6 Å². The predicted octanol–water partition coefficient (Wildman–Crippen LogP) is 4.06. The van der Waals surface area contributed by atoms with Crippen molar-refractivity contribution >= 4 is 11.6 Å². The van der Waals surface area contributed by atoms with Gasteiger partial charge < -0.3 is 10.1 Å². The molecule has 0 amide bonds. The first kappa shape index (κ1) is 14.2. The third kappa shape index (κ3) is 3.49. The summed E-state index contributed by atoms with van der Waals surface area (Å²) in [6.45, 7) is 0.424. The molecule has 110 valence electrons. The molecular formula is C15H13ClF2N2O. The van der Waals surface area contributed by atoms with Crippen LogP contribution in [-0.4, -0.2) is 11.0 Å². The van der Waals surface area contributed by atoms with Gasteiger partial charge in [0.15, 0.2) is 11.6 Å². The fourth-order valence-electron chi connectivity index (χ4n) is 1.90. The maximum atomic E-state index is 13.8. The van der Waals surface area contributed by atoms with Gasteiger partial charge in [-0.15, -0.1) is 0 Å². The van der Waals surface area contributed by atoms with Crippen molar-refractivity contribution in [1.82, 2.24) is 10.3 Å². The van der Waals surface area contributed by atoms with E-state index >= 15 is 0 Å². The molecule has 1 N–H and O–H groups in total. The first-order valence-corrected chi connectivity index (χ1v) is 7.01. The van der Waals surface area contributed by atoms with E-state index in [1.807, 2.05) is 0 Å². The maximum absolute atomic E-state index is 13.8. The van der Waals surface area contributed by atoms with E-state index in [9.17, 15) is 8.78 Å². The number of pyridine rings is 1. The van der Waals surface area contributed by atoms with Crippen LogP contribution in [0, 0.1) is 11.6 Å². The van der Waals surface area contributed by atoms with E-state index in [0.717, 1.165) is 19.0 Å². The van der Waals surface area contributed by atoms with Gasteiger partial charge in [-0.3, -0.25) is 0 Å². The lowest BCUT2D eigenvalue weighted by Crippen LogP contribution is -2.16. The Labute approximate surface area is 125 Å². The lowest BCUT2D eigenvalue weighted by molar-refractivity contribution is 0.417. The number of nitrogens with zero attached hydrogens (tertiary/aromatic N) is 1. The average Bonchev–Trinajstić information content (AvgIpc) is 3.28. The van der Waals surface area contributed by atoms with Crippen molar-refractivity contribution in [3.63, 3.8) is 0 Å². The van der Waals surface area contributed by atoms with Crippen molar-refractivity contribution in [2.75, 3.05) is 0 Å². The summed E-state index contributed by atoms with van der Waals surface area (Å²) in [4.78, 5) is 3.90. The van der Waals surface area contributed by atoms with Gasteiger partial charge in [0.25, 0.3) is 0 Å². The van der Waals surface area contributed by atoms with Crippen LogP contribution in [0.25, 0.3) is 0 Å². The smallest absolute Gasteiger partial charge is 0.224 e. The average molecular weight is 311 g/mol. The Hall–Kier alpha value is -1.72. The second-order valence-electron chi connectivity index (χ2n) is 4.93. The van der Waals surface area contributed by atoms with Crippen LogP contribution in [0.1, 0.15) is 18.4 Å². The molecule has 1 aliphatic carbocycles. The van der Waals surface area contributed by atoms with Crippen LogP contribution in [-0.2, 0) is 6.54 Å². The predicted molar refractivity (Wildman–Crippen MR) is 75.5 cm³/mol. The number of nitrogens with one attached hydrogen (secondary N) is 1. The first-order valence-electron chi connectivity index (χ1n) is 6.63. The molecule has 1 fully saturated rings. The van der Waals surface area contributed by atoms with Crippen LogP contribution in [0.15, 0.2) is 30.5 Å². The zero-order valence-electron chi connectivity index (χ0n) is 11.1.